The van der Waals surface area contributed by atoms with Gasteiger partial charge < -0.3 is 19.7 Å². The molecule has 1 aromatic rings. The monoisotopic (exact) mass is 459 g/mol. The van der Waals surface area contributed by atoms with E-state index in [1.165, 1.54) is 36.9 Å². The average Bonchev–Trinajstić information content (AvgIpc) is 3.49. The Morgan fingerprint density at radius 2 is 1.79 bits per heavy atom. The molecule has 0 radical (unpaired) electrons. The molecule has 5 rings (SSSR count). The van der Waals surface area contributed by atoms with Crippen molar-refractivity contribution in [2.75, 3.05) is 59.2 Å². The molecule has 8 heteroatoms. The van der Waals surface area contributed by atoms with Gasteiger partial charge in [0.15, 0.2) is 5.69 Å². The first kappa shape index (κ1) is 23.3. The summed E-state index contributed by atoms with van der Waals surface area (Å²) >= 11 is 0. The summed E-state index contributed by atoms with van der Waals surface area (Å²) in [5.41, 5.74) is 3.45. The van der Waals surface area contributed by atoms with Crippen molar-refractivity contribution in [1.29, 1.82) is 0 Å². The SMILES string of the molecule is CCCn1nc(C(=O)N2CCOCC2)c2c1CCC(NCC1(N3CCOCC3)CCCC1)C2. The van der Waals surface area contributed by atoms with Crippen LogP contribution in [0.5, 0.6) is 0 Å². The third kappa shape index (κ3) is 4.85. The summed E-state index contributed by atoms with van der Waals surface area (Å²) in [6.07, 6.45) is 9.28. The third-order valence-electron chi connectivity index (χ3n) is 8.22. The number of amides is 1. The molecule has 1 atom stereocenters. The van der Waals surface area contributed by atoms with Gasteiger partial charge in [0.25, 0.3) is 5.91 Å². The lowest BCUT2D eigenvalue weighted by Gasteiger charge is -2.44. The standard InChI is InChI=1S/C25H41N5O3/c1-2-9-30-22-6-5-20(18-21(22)23(27-30)24(31)28-10-14-32-15-11-28)26-19-25(7-3-4-8-25)29-12-16-33-17-13-29/h20,26H,2-19H2,1H3. The Morgan fingerprint density at radius 1 is 1.09 bits per heavy atom. The Morgan fingerprint density at radius 3 is 2.48 bits per heavy atom. The fourth-order valence-corrected chi connectivity index (χ4v) is 6.36. The number of morpholine rings is 2. The highest BCUT2D eigenvalue weighted by atomic mass is 16.5. The number of aromatic nitrogens is 2. The van der Waals surface area contributed by atoms with E-state index >= 15 is 0 Å². The van der Waals surface area contributed by atoms with Crippen molar-refractivity contribution in [3.8, 4) is 0 Å². The summed E-state index contributed by atoms with van der Waals surface area (Å²) in [4.78, 5) is 18.0. The molecule has 0 aromatic carbocycles. The zero-order valence-corrected chi connectivity index (χ0v) is 20.3. The molecule has 1 amide bonds. The molecule has 3 heterocycles. The van der Waals surface area contributed by atoms with Crippen LogP contribution in [0.2, 0.25) is 0 Å². The molecule has 184 valence electrons. The van der Waals surface area contributed by atoms with Gasteiger partial charge >= 0.3 is 0 Å². The molecular weight excluding hydrogens is 418 g/mol. The summed E-state index contributed by atoms with van der Waals surface area (Å²) in [6, 6.07) is 0.409. The number of carbonyl (C=O) groups is 1. The number of fused-ring (bicyclic) bond motifs is 1. The maximum absolute atomic E-state index is 13.4. The van der Waals surface area contributed by atoms with E-state index in [2.05, 4.69) is 21.8 Å². The van der Waals surface area contributed by atoms with Gasteiger partial charge in [-0.05, 0) is 38.5 Å². The maximum atomic E-state index is 13.4. The molecule has 2 aliphatic carbocycles. The molecule has 1 N–H and O–H groups in total. The predicted octanol–water partition coefficient (Wildman–Crippen LogP) is 1.86. The van der Waals surface area contributed by atoms with Crippen LogP contribution in [0.15, 0.2) is 0 Å². The molecule has 2 aliphatic heterocycles. The molecule has 1 unspecified atom stereocenters. The molecule has 2 saturated heterocycles. The Labute approximate surface area is 198 Å². The number of rotatable bonds is 7. The highest BCUT2D eigenvalue weighted by molar-refractivity contribution is 5.94. The van der Waals surface area contributed by atoms with E-state index in [9.17, 15) is 4.79 Å². The molecule has 1 saturated carbocycles. The van der Waals surface area contributed by atoms with Crippen LogP contribution in [0.4, 0.5) is 0 Å². The molecule has 33 heavy (non-hydrogen) atoms. The molecule has 3 fully saturated rings. The van der Waals surface area contributed by atoms with Gasteiger partial charge in [0.05, 0.1) is 26.4 Å². The molecule has 0 spiro atoms. The number of carbonyl (C=O) groups excluding carboxylic acids is 1. The Bertz CT molecular complexity index is 807. The lowest BCUT2D eigenvalue weighted by molar-refractivity contribution is -0.0213. The number of nitrogens with one attached hydrogen (secondary N) is 1. The number of aryl methyl sites for hydroxylation is 1. The van der Waals surface area contributed by atoms with Crippen LogP contribution < -0.4 is 5.32 Å². The second-order valence-electron chi connectivity index (χ2n) is 10.3. The fourth-order valence-electron chi connectivity index (χ4n) is 6.36. The minimum Gasteiger partial charge on any atom is -0.379 e. The number of ether oxygens (including phenoxy) is 2. The van der Waals surface area contributed by atoms with Crippen molar-refractivity contribution in [2.45, 2.75) is 76.4 Å². The average molecular weight is 460 g/mol. The van der Waals surface area contributed by atoms with Gasteiger partial charge in [-0.15, -0.1) is 0 Å². The molecule has 8 nitrogen and oxygen atoms in total. The van der Waals surface area contributed by atoms with Gasteiger partial charge in [-0.1, -0.05) is 19.8 Å². The zero-order valence-electron chi connectivity index (χ0n) is 20.3. The third-order valence-corrected chi connectivity index (χ3v) is 8.22. The van der Waals surface area contributed by atoms with E-state index in [0.717, 1.165) is 65.1 Å². The minimum atomic E-state index is 0.0885. The van der Waals surface area contributed by atoms with Crippen LogP contribution in [-0.4, -0.2) is 96.2 Å². The van der Waals surface area contributed by atoms with Crippen molar-refractivity contribution in [1.82, 2.24) is 24.9 Å². The van der Waals surface area contributed by atoms with E-state index in [1.54, 1.807) is 0 Å². The van der Waals surface area contributed by atoms with Crippen molar-refractivity contribution < 1.29 is 14.3 Å². The van der Waals surface area contributed by atoms with E-state index in [-0.39, 0.29) is 11.4 Å². The first-order valence-electron chi connectivity index (χ1n) is 13.2. The normalized spacial score (nSPS) is 25.8. The van der Waals surface area contributed by atoms with Crippen LogP contribution in [0.3, 0.4) is 0 Å². The summed E-state index contributed by atoms with van der Waals surface area (Å²) < 4.78 is 13.2. The highest BCUT2D eigenvalue weighted by Gasteiger charge is 2.41. The van der Waals surface area contributed by atoms with Gasteiger partial charge in [-0.2, -0.15) is 5.10 Å². The smallest absolute Gasteiger partial charge is 0.274 e. The summed E-state index contributed by atoms with van der Waals surface area (Å²) in [5.74, 6) is 0.0885. The number of hydrogen-bond donors (Lipinski definition) is 1. The molecule has 1 aromatic heterocycles. The molecule has 0 bridgehead atoms. The quantitative estimate of drug-likeness (QED) is 0.671. The van der Waals surface area contributed by atoms with Crippen LogP contribution >= 0.6 is 0 Å². The van der Waals surface area contributed by atoms with Gasteiger partial charge in [0.1, 0.15) is 0 Å². The van der Waals surface area contributed by atoms with E-state index < -0.39 is 0 Å². The second-order valence-corrected chi connectivity index (χ2v) is 10.3. The van der Waals surface area contributed by atoms with Crippen LogP contribution in [-0.2, 0) is 28.9 Å². The van der Waals surface area contributed by atoms with E-state index in [4.69, 9.17) is 14.6 Å². The Hall–Kier alpha value is -1.48. The van der Waals surface area contributed by atoms with Gasteiger partial charge in [-0.3, -0.25) is 14.4 Å². The van der Waals surface area contributed by atoms with Crippen molar-refractivity contribution in [3.05, 3.63) is 17.0 Å². The van der Waals surface area contributed by atoms with Gasteiger partial charge in [0.2, 0.25) is 0 Å². The van der Waals surface area contributed by atoms with Crippen molar-refractivity contribution in [3.63, 3.8) is 0 Å². The largest absolute Gasteiger partial charge is 0.379 e. The Kier molecular flexibility index (Phi) is 7.35. The van der Waals surface area contributed by atoms with Crippen molar-refractivity contribution in [2.24, 2.45) is 0 Å². The van der Waals surface area contributed by atoms with E-state index in [0.29, 0.717) is 38.0 Å². The van der Waals surface area contributed by atoms with Gasteiger partial charge in [-0.25, -0.2) is 0 Å². The first-order chi connectivity index (χ1) is 16.2. The van der Waals surface area contributed by atoms with Crippen LogP contribution in [0.25, 0.3) is 0 Å². The minimum absolute atomic E-state index is 0.0885. The highest BCUT2D eigenvalue weighted by Crippen LogP contribution is 2.36. The van der Waals surface area contributed by atoms with Crippen LogP contribution in [0, 0.1) is 0 Å². The van der Waals surface area contributed by atoms with Gasteiger partial charge in [0, 0.05) is 62.1 Å². The first-order valence-corrected chi connectivity index (χ1v) is 13.2. The second kappa shape index (κ2) is 10.4. The lowest BCUT2D eigenvalue weighted by Crippen LogP contribution is -2.58. The predicted molar refractivity (Wildman–Crippen MR) is 127 cm³/mol. The van der Waals surface area contributed by atoms with E-state index in [1.807, 2.05) is 4.90 Å². The molecule has 4 aliphatic rings. The Balaban J connectivity index is 1.30. The zero-order chi connectivity index (χ0) is 22.7. The summed E-state index contributed by atoms with van der Waals surface area (Å²) in [7, 11) is 0. The topological polar surface area (TPSA) is 71.9 Å². The van der Waals surface area contributed by atoms with Crippen LogP contribution in [0.1, 0.15) is 67.2 Å². The molecular formula is C25H41N5O3. The number of nitrogens with zero attached hydrogens (tertiary/aromatic N) is 4. The summed E-state index contributed by atoms with van der Waals surface area (Å²) in [6.45, 7) is 10.5. The maximum Gasteiger partial charge on any atom is 0.274 e. The van der Waals surface area contributed by atoms with Crippen molar-refractivity contribution >= 4 is 5.91 Å². The lowest BCUT2D eigenvalue weighted by atomic mass is 9.89. The number of hydrogen-bond acceptors (Lipinski definition) is 6. The summed E-state index contributed by atoms with van der Waals surface area (Å²) in [5, 5.41) is 8.82. The fraction of sp³-hybridized carbons (Fsp3) is 0.840.